The van der Waals surface area contributed by atoms with Crippen molar-refractivity contribution in [3.05, 3.63) is 47.5 Å². The molecule has 6 nitrogen and oxygen atoms in total. The summed E-state index contributed by atoms with van der Waals surface area (Å²) >= 11 is 6.30. The fourth-order valence-electron chi connectivity index (χ4n) is 3.38. The summed E-state index contributed by atoms with van der Waals surface area (Å²) in [6.45, 7) is 2.56. The highest BCUT2D eigenvalue weighted by molar-refractivity contribution is 6.32. The van der Waals surface area contributed by atoms with Crippen LogP contribution in [0.1, 0.15) is 24.8 Å². The second-order valence-electron chi connectivity index (χ2n) is 6.45. The van der Waals surface area contributed by atoms with Gasteiger partial charge in [-0.1, -0.05) is 17.7 Å². The molecular formula is C19H24ClN3O3. The van der Waals surface area contributed by atoms with E-state index in [0.29, 0.717) is 43.4 Å². The van der Waals surface area contributed by atoms with Gasteiger partial charge in [0.05, 0.1) is 23.9 Å². The average Bonchev–Trinajstić information content (AvgIpc) is 3.19. The first-order valence-corrected chi connectivity index (χ1v) is 9.19. The Hall–Kier alpha value is -2.05. The third-order valence-corrected chi connectivity index (χ3v) is 5.22. The Morgan fingerprint density at radius 1 is 1.42 bits per heavy atom. The van der Waals surface area contributed by atoms with Crippen LogP contribution in [0.25, 0.3) is 0 Å². The molecule has 0 aliphatic carbocycles. The molecule has 0 saturated carbocycles. The highest BCUT2D eigenvalue weighted by atomic mass is 35.5. The maximum absolute atomic E-state index is 13.1. The molecule has 1 saturated heterocycles. The summed E-state index contributed by atoms with van der Waals surface area (Å²) < 4.78 is 12.7. The Kier molecular flexibility index (Phi) is 6.16. The highest BCUT2D eigenvalue weighted by Crippen LogP contribution is 2.38. The number of hydrogen-bond acceptors (Lipinski definition) is 4. The van der Waals surface area contributed by atoms with E-state index in [4.69, 9.17) is 21.1 Å². The molecule has 0 radical (unpaired) electrons. The zero-order chi connectivity index (χ0) is 18.4. The second-order valence-corrected chi connectivity index (χ2v) is 6.86. The molecule has 7 heteroatoms. The van der Waals surface area contributed by atoms with Crippen LogP contribution in [-0.4, -0.2) is 42.3 Å². The second kappa shape index (κ2) is 8.56. The summed E-state index contributed by atoms with van der Waals surface area (Å²) in [6.07, 6.45) is 7.58. The van der Waals surface area contributed by atoms with Crippen molar-refractivity contribution in [3.63, 3.8) is 0 Å². The molecule has 1 amide bonds. The molecular weight excluding hydrogens is 354 g/mol. The van der Waals surface area contributed by atoms with Gasteiger partial charge in [-0.05, 0) is 37.0 Å². The van der Waals surface area contributed by atoms with E-state index in [0.717, 1.165) is 18.5 Å². The number of ether oxygens (including phenoxy) is 2. The summed E-state index contributed by atoms with van der Waals surface area (Å²) in [5.74, 6) is 0.644. The minimum absolute atomic E-state index is 0.0349. The molecule has 1 aliphatic heterocycles. The summed E-state index contributed by atoms with van der Waals surface area (Å²) in [5.41, 5.74) is 0.308. The third-order valence-electron chi connectivity index (χ3n) is 4.92. The molecule has 1 N–H and O–H groups in total. The fraction of sp³-hybridized carbons (Fsp3) is 0.474. The van der Waals surface area contributed by atoms with Gasteiger partial charge < -0.3 is 19.4 Å². The number of halogens is 1. The number of aromatic nitrogens is 2. The predicted octanol–water partition coefficient (Wildman–Crippen LogP) is 2.80. The van der Waals surface area contributed by atoms with Gasteiger partial charge in [0.15, 0.2) is 0 Å². The number of rotatable bonds is 7. The topological polar surface area (TPSA) is 65.4 Å². The van der Waals surface area contributed by atoms with Crippen LogP contribution in [0.4, 0.5) is 0 Å². The number of carbonyl (C=O) groups is 1. The molecule has 1 aliphatic rings. The van der Waals surface area contributed by atoms with Crippen molar-refractivity contribution >= 4 is 17.5 Å². The number of aryl methyl sites for hydroxylation is 1. The summed E-state index contributed by atoms with van der Waals surface area (Å²) in [6, 6.07) is 5.60. The van der Waals surface area contributed by atoms with Crippen molar-refractivity contribution in [2.75, 3.05) is 26.9 Å². The van der Waals surface area contributed by atoms with Crippen LogP contribution in [0.5, 0.6) is 5.75 Å². The van der Waals surface area contributed by atoms with E-state index in [1.54, 1.807) is 19.6 Å². The summed E-state index contributed by atoms with van der Waals surface area (Å²) in [4.78, 5) is 17.1. The lowest BCUT2D eigenvalue weighted by Crippen LogP contribution is -2.48. The fourth-order valence-corrected chi connectivity index (χ4v) is 3.64. The van der Waals surface area contributed by atoms with Crippen molar-refractivity contribution in [1.82, 2.24) is 14.9 Å². The number of nitrogens with one attached hydrogen (secondary N) is 1. The van der Waals surface area contributed by atoms with Crippen LogP contribution in [0.15, 0.2) is 36.9 Å². The molecule has 2 aromatic rings. The monoisotopic (exact) mass is 377 g/mol. The van der Waals surface area contributed by atoms with Gasteiger partial charge in [0.1, 0.15) is 5.75 Å². The van der Waals surface area contributed by atoms with Crippen LogP contribution in [0.3, 0.4) is 0 Å². The van der Waals surface area contributed by atoms with Gasteiger partial charge in [-0.15, -0.1) is 0 Å². The predicted molar refractivity (Wildman–Crippen MR) is 99.6 cm³/mol. The smallest absolute Gasteiger partial charge is 0.230 e. The van der Waals surface area contributed by atoms with Crippen LogP contribution in [0, 0.1) is 0 Å². The zero-order valence-electron chi connectivity index (χ0n) is 14.9. The first-order valence-electron chi connectivity index (χ1n) is 8.81. The molecule has 26 heavy (non-hydrogen) atoms. The number of nitrogens with zero attached hydrogens (tertiary/aromatic N) is 2. The minimum Gasteiger partial charge on any atom is -0.495 e. The van der Waals surface area contributed by atoms with Gasteiger partial charge in [-0.2, -0.15) is 0 Å². The highest BCUT2D eigenvalue weighted by Gasteiger charge is 2.41. The molecule has 0 atom stereocenters. The van der Waals surface area contributed by atoms with Gasteiger partial charge in [0.2, 0.25) is 5.91 Å². The van der Waals surface area contributed by atoms with Crippen LogP contribution in [-0.2, 0) is 21.5 Å². The SMILES string of the molecule is COc1ccc(C2(C(=O)NCCCn3ccnc3)CCOCC2)cc1Cl. The van der Waals surface area contributed by atoms with E-state index < -0.39 is 5.41 Å². The number of carbonyl (C=O) groups excluding carboxylic acids is 1. The quantitative estimate of drug-likeness (QED) is 0.753. The number of amides is 1. The first kappa shape index (κ1) is 18.7. The summed E-state index contributed by atoms with van der Waals surface area (Å²) in [7, 11) is 1.58. The maximum Gasteiger partial charge on any atom is 0.230 e. The van der Waals surface area contributed by atoms with Crippen molar-refractivity contribution in [3.8, 4) is 5.75 Å². The van der Waals surface area contributed by atoms with Crippen molar-refractivity contribution < 1.29 is 14.3 Å². The van der Waals surface area contributed by atoms with Crippen LogP contribution < -0.4 is 10.1 Å². The van der Waals surface area contributed by atoms with Crippen molar-refractivity contribution in [1.29, 1.82) is 0 Å². The van der Waals surface area contributed by atoms with Crippen molar-refractivity contribution in [2.24, 2.45) is 0 Å². The number of methoxy groups -OCH3 is 1. The van der Waals surface area contributed by atoms with Gasteiger partial charge in [0, 0.05) is 38.7 Å². The Morgan fingerprint density at radius 3 is 2.88 bits per heavy atom. The van der Waals surface area contributed by atoms with E-state index in [2.05, 4.69) is 10.3 Å². The van der Waals surface area contributed by atoms with E-state index >= 15 is 0 Å². The van der Waals surface area contributed by atoms with Gasteiger partial charge in [0.25, 0.3) is 0 Å². The van der Waals surface area contributed by atoms with Gasteiger partial charge in [-0.3, -0.25) is 4.79 Å². The lowest BCUT2D eigenvalue weighted by Gasteiger charge is -2.36. The lowest BCUT2D eigenvalue weighted by atomic mass is 9.73. The van der Waals surface area contributed by atoms with Gasteiger partial charge >= 0.3 is 0 Å². The Labute approximate surface area is 158 Å². The molecule has 140 valence electrons. The maximum atomic E-state index is 13.1. The largest absolute Gasteiger partial charge is 0.495 e. The molecule has 1 aromatic heterocycles. The third kappa shape index (κ3) is 4.02. The van der Waals surface area contributed by atoms with E-state index in [1.165, 1.54) is 0 Å². The number of benzene rings is 1. The summed E-state index contributed by atoms with van der Waals surface area (Å²) in [5, 5.41) is 3.62. The molecule has 0 spiro atoms. The Bertz CT molecular complexity index is 728. The average molecular weight is 378 g/mol. The van der Waals surface area contributed by atoms with E-state index in [9.17, 15) is 4.79 Å². The minimum atomic E-state index is -0.608. The van der Waals surface area contributed by atoms with Crippen LogP contribution >= 0.6 is 11.6 Å². The number of hydrogen-bond donors (Lipinski definition) is 1. The molecule has 1 aromatic carbocycles. The first-order chi connectivity index (χ1) is 12.7. The molecule has 0 unspecified atom stereocenters. The standard InChI is InChI=1S/C19H24ClN3O3/c1-25-17-4-3-15(13-16(17)20)19(5-11-26-12-6-19)18(24)22-7-2-9-23-10-8-21-14-23/h3-4,8,10,13-14H,2,5-7,9,11-12H2,1H3,(H,22,24). The Morgan fingerprint density at radius 2 is 2.23 bits per heavy atom. The Balaban J connectivity index is 1.70. The van der Waals surface area contributed by atoms with E-state index in [1.807, 2.05) is 29.0 Å². The number of imidazole rings is 1. The zero-order valence-corrected chi connectivity index (χ0v) is 15.7. The molecule has 1 fully saturated rings. The normalized spacial score (nSPS) is 16.2. The lowest BCUT2D eigenvalue weighted by molar-refractivity contribution is -0.130. The van der Waals surface area contributed by atoms with E-state index in [-0.39, 0.29) is 5.91 Å². The molecule has 2 heterocycles. The van der Waals surface area contributed by atoms with Crippen molar-refractivity contribution in [2.45, 2.75) is 31.2 Å². The molecule has 0 bridgehead atoms. The van der Waals surface area contributed by atoms with Crippen LogP contribution in [0.2, 0.25) is 5.02 Å². The molecule has 3 rings (SSSR count). The van der Waals surface area contributed by atoms with Gasteiger partial charge in [-0.25, -0.2) is 4.98 Å².